The third kappa shape index (κ3) is 10.6. The molecular weight excluding hydrogens is 679 g/mol. The number of rotatable bonds is 15. The molecule has 0 radical (unpaired) electrons. The van der Waals surface area contributed by atoms with Crippen molar-refractivity contribution in [3.05, 3.63) is 178 Å². The van der Waals surface area contributed by atoms with Crippen LogP contribution in [0, 0.1) is 5.92 Å². The van der Waals surface area contributed by atoms with Gasteiger partial charge in [-0.25, -0.2) is 9.59 Å². The number of benzene rings is 5. The first-order chi connectivity index (χ1) is 26.4. The largest absolute Gasteiger partial charge is 0.467 e. The zero-order chi connectivity index (χ0) is 37.7. The first-order valence-corrected chi connectivity index (χ1v) is 18.4. The van der Waals surface area contributed by atoms with Gasteiger partial charge in [0.2, 0.25) is 0 Å². The van der Waals surface area contributed by atoms with E-state index in [0.29, 0.717) is 13.0 Å². The van der Waals surface area contributed by atoms with Gasteiger partial charge in [0.15, 0.2) is 6.29 Å². The maximum atomic E-state index is 12.9. The Kier molecular flexibility index (Phi) is 13.6. The summed E-state index contributed by atoms with van der Waals surface area (Å²) in [6.07, 6.45) is -0.726. The average Bonchev–Trinajstić information content (AvgIpc) is 3.21. The minimum Gasteiger partial charge on any atom is -0.467 e. The van der Waals surface area contributed by atoms with Crippen LogP contribution in [0.3, 0.4) is 0 Å². The van der Waals surface area contributed by atoms with Crippen LogP contribution in [-0.2, 0) is 51.7 Å². The van der Waals surface area contributed by atoms with E-state index < -0.39 is 24.3 Å². The summed E-state index contributed by atoms with van der Waals surface area (Å²) in [4.78, 5) is 27.7. The minimum atomic E-state index is -0.820. The highest BCUT2D eigenvalue weighted by Gasteiger charge is 2.39. The topological polar surface area (TPSA) is 109 Å². The summed E-state index contributed by atoms with van der Waals surface area (Å²) in [6, 6.07) is 44.9. The fourth-order valence-electron chi connectivity index (χ4n) is 6.82. The lowest BCUT2D eigenvalue weighted by Gasteiger charge is -2.43. The predicted molar refractivity (Wildman–Crippen MR) is 208 cm³/mol. The number of hydrogen-bond acceptors (Lipinski definition) is 7. The Morgan fingerprint density at radius 2 is 1.24 bits per heavy atom. The van der Waals surface area contributed by atoms with Crippen LogP contribution in [0.15, 0.2) is 140 Å². The Morgan fingerprint density at radius 3 is 1.80 bits per heavy atom. The summed E-state index contributed by atoms with van der Waals surface area (Å²) in [5, 5.41) is 15.3. The van der Waals surface area contributed by atoms with E-state index >= 15 is 0 Å². The van der Waals surface area contributed by atoms with Gasteiger partial charge in [-0.1, -0.05) is 146 Å². The number of nitrogens with one attached hydrogen (secondary N) is 2. The Bertz CT molecular complexity index is 1850. The van der Waals surface area contributed by atoms with E-state index in [1.165, 1.54) is 18.2 Å². The minimum absolute atomic E-state index is 0.0213. The third-order valence-corrected chi connectivity index (χ3v) is 9.84. The Hall–Kier alpha value is -5.32. The number of amides is 2. The zero-order valence-corrected chi connectivity index (χ0v) is 30.8. The molecule has 9 nitrogen and oxygen atoms in total. The normalized spacial score (nSPS) is 18.8. The number of esters is 1. The summed E-state index contributed by atoms with van der Waals surface area (Å²) in [7, 11) is 1.31. The maximum absolute atomic E-state index is 12.9. The highest BCUT2D eigenvalue weighted by Crippen LogP contribution is 2.42. The van der Waals surface area contributed by atoms with Crippen LogP contribution >= 0.6 is 0 Å². The fraction of sp³-hybridized carbons (Fsp3) is 0.289. The van der Waals surface area contributed by atoms with Crippen molar-refractivity contribution in [1.82, 2.24) is 15.5 Å². The molecule has 6 rings (SSSR count). The van der Waals surface area contributed by atoms with E-state index in [1.807, 2.05) is 91.0 Å². The Labute approximate surface area is 317 Å². The quantitative estimate of drug-likeness (QED) is 0.0975. The highest BCUT2D eigenvalue weighted by atomic mass is 16.7. The number of ether oxygens (including phenoxy) is 3. The summed E-state index contributed by atoms with van der Waals surface area (Å²) in [5.41, 5.74) is 6.99. The number of carbonyl (C=O) groups excluding carboxylic acids is 2. The standard InChI is InChI=1S/C45H49N3O6/c1-32-41(30-48(28-35-14-8-4-9-15-35)29-36-16-10-5-11-17-36)53-44(54-42(32)38-22-20-37(31-49)21-23-38)39-24-18-34(19-25-39)27-46-45(51)47-40(43(50)52-2)26-33-12-6-3-7-13-33/h3-25,32,40-42,44,49H,26-31H2,1-2H3,(H2,46,47,51)/t32-,40-,41+,42+,44+/m0/s1. The van der Waals surface area contributed by atoms with Gasteiger partial charge >= 0.3 is 12.0 Å². The van der Waals surface area contributed by atoms with E-state index in [0.717, 1.165) is 40.9 Å². The second-order valence-corrected chi connectivity index (χ2v) is 13.8. The van der Waals surface area contributed by atoms with Crippen LogP contribution in [0.25, 0.3) is 0 Å². The number of aliphatic hydroxyl groups is 1. The van der Waals surface area contributed by atoms with Crippen LogP contribution < -0.4 is 10.6 Å². The van der Waals surface area contributed by atoms with Gasteiger partial charge < -0.3 is 30.0 Å². The van der Waals surface area contributed by atoms with Crippen molar-refractivity contribution < 1.29 is 28.9 Å². The lowest BCUT2D eigenvalue weighted by atomic mass is 9.89. The van der Waals surface area contributed by atoms with Gasteiger partial charge in [0.25, 0.3) is 0 Å². The van der Waals surface area contributed by atoms with Gasteiger partial charge in [0.05, 0.1) is 25.9 Å². The molecule has 0 unspecified atom stereocenters. The fourth-order valence-corrected chi connectivity index (χ4v) is 6.82. The van der Waals surface area contributed by atoms with Gasteiger partial charge in [-0.2, -0.15) is 0 Å². The smallest absolute Gasteiger partial charge is 0.328 e. The molecule has 1 fully saturated rings. The van der Waals surface area contributed by atoms with Gasteiger partial charge in [-0.15, -0.1) is 0 Å². The van der Waals surface area contributed by atoms with Crippen molar-refractivity contribution in [2.75, 3.05) is 13.7 Å². The van der Waals surface area contributed by atoms with Crippen LogP contribution in [0.5, 0.6) is 0 Å². The molecular formula is C45H49N3O6. The zero-order valence-electron chi connectivity index (χ0n) is 30.8. The average molecular weight is 728 g/mol. The number of urea groups is 1. The first kappa shape index (κ1) is 38.4. The summed E-state index contributed by atoms with van der Waals surface area (Å²) < 4.78 is 18.5. The van der Waals surface area contributed by atoms with Crippen LogP contribution in [0.4, 0.5) is 4.79 Å². The van der Waals surface area contributed by atoms with E-state index in [-0.39, 0.29) is 31.3 Å². The number of methoxy groups -OCH3 is 1. The molecule has 1 saturated heterocycles. The van der Waals surface area contributed by atoms with Crippen molar-refractivity contribution >= 4 is 12.0 Å². The second kappa shape index (κ2) is 19.1. The van der Waals surface area contributed by atoms with Crippen LogP contribution in [0.2, 0.25) is 0 Å². The number of carbonyl (C=O) groups is 2. The summed E-state index contributed by atoms with van der Waals surface area (Å²) in [5.74, 6) is -0.489. The maximum Gasteiger partial charge on any atom is 0.328 e. The molecule has 5 aromatic carbocycles. The van der Waals surface area contributed by atoms with Crippen molar-refractivity contribution in [2.45, 2.75) is 64.1 Å². The molecule has 1 aliphatic heterocycles. The lowest BCUT2D eigenvalue weighted by molar-refractivity contribution is -0.276. The highest BCUT2D eigenvalue weighted by molar-refractivity contribution is 5.83. The van der Waals surface area contributed by atoms with Gasteiger partial charge in [0.1, 0.15) is 6.04 Å². The SMILES string of the molecule is COC(=O)[C@H](Cc1ccccc1)NC(=O)NCc1ccc([C@@H]2O[C@H](CN(Cc3ccccc3)Cc3ccccc3)[C@H](C)[C@H](c3ccc(CO)cc3)O2)cc1. The predicted octanol–water partition coefficient (Wildman–Crippen LogP) is 7.26. The molecule has 0 saturated carbocycles. The van der Waals surface area contributed by atoms with Gasteiger partial charge in [-0.3, -0.25) is 4.90 Å². The Morgan fingerprint density at radius 1 is 0.704 bits per heavy atom. The molecule has 0 spiro atoms. The molecule has 280 valence electrons. The monoisotopic (exact) mass is 727 g/mol. The number of aliphatic hydroxyl groups excluding tert-OH is 1. The molecule has 54 heavy (non-hydrogen) atoms. The number of nitrogens with zero attached hydrogens (tertiary/aromatic N) is 1. The van der Waals surface area contributed by atoms with Crippen LogP contribution in [-0.4, -0.2) is 47.8 Å². The third-order valence-electron chi connectivity index (χ3n) is 9.84. The van der Waals surface area contributed by atoms with E-state index in [1.54, 1.807) is 0 Å². The summed E-state index contributed by atoms with van der Waals surface area (Å²) in [6.45, 7) is 4.64. The second-order valence-electron chi connectivity index (χ2n) is 13.8. The first-order valence-electron chi connectivity index (χ1n) is 18.4. The molecule has 0 bridgehead atoms. The lowest BCUT2D eigenvalue weighted by Crippen LogP contribution is -2.47. The molecule has 5 aromatic rings. The molecule has 3 N–H and O–H groups in total. The van der Waals surface area contributed by atoms with E-state index in [2.05, 4.69) is 71.0 Å². The van der Waals surface area contributed by atoms with E-state index in [9.17, 15) is 14.7 Å². The molecule has 0 aromatic heterocycles. The number of hydrogen-bond donors (Lipinski definition) is 3. The van der Waals surface area contributed by atoms with Crippen molar-refractivity contribution in [3.8, 4) is 0 Å². The van der Waals surface area contributed by atoms with Crippen molar-refractivity contribution in [1.29, 1.82) is 0 Å². The Balaban J connectivity index is 1.16. The summed E-state index contributed by atoms with van der Waals surface area (Å²) >= 11 is 0. The molecule has 9 heteroatoms. The van der Waals surface area contributed by atoms with Crippen molar-refractivity contribution in [3.63, 3.8) is 0 Å². The molecule has 5 atom stereocenters. The molecule has 2 amide bonds. The van der Waals surface area contributed by atoms with E-state index in [4.69, 9.17) is 14.2 Å². The van der Waals surface area contributed by atoms with Crippen molar-refractivity contribution in [2.24, 2.45) is 5.92 Å². The van der Waals surface area contributed by atoms with Crippen LogP contribution in [0.1, 0.15) is 58.3 Å². The van der Waals surface area contributed by atoms with Gasteiger partial charge in [-0.05, 0) is 33.4 Å². The molecule has 0 aliphatic carbocycles. The molecule has 1 aliphatic rings. The van der Waals surface area contributed by atoms with Gasteiger partial charge in [0, 0.05) is 44.1 Å². The molecule has 1 heterocycles.